The Hall–Kier alpha value is -2.08. The van der Waals surface area contributed by atoms with Gasteiger partial charge in [-0.2, -0.15) is 5.10 Å². The Bertz CT molecular complexity index is 943. The van der Waals surface area contributed by atoms with Gasteiger partial charge in [-0.1, -0.05) is 40.9 Å². The number of hydrogen-bond donors (Lipinski definition) is 1. The van der Waals surface area contributed by atoms with E-state index in [2.05, 4.69) is 10.4 Å². The van der Waals surface area contributed by atoms with E-state index in [-0.39, 0.29) is 10.6 Å². The number of halogens is 4. The summed E-state index contributed by atoms with van der Waals surface area (Å²) in [5.74, 6) is -0.881. The van der Waals surface area contributed by atoms with Crippen molar-refractivity contribution in [1.82, 2.24) is 9.78 Å². The summed E-state index contributed by atoms with van der Waals surface area (Å²) in [4.78, 5) is 12.3. The maximum absolute atomic E-state index is 13.8. The second-order valence-electron chi connectivity index (χ2n) is 5.19. The fraction of sp³-hybridized carbons (Fsp3) is 0.0588. The molecule has 0 aliphatic heterocycles. The summed E-state index contributed by atoms with van der Waals surface area (Å²) in [7, 11) is 0. The van der Waals surface area contributed by atoms with Crippen molar-refractivity contribution in [1.29, 1.82) is 0 Å². The molecular formula is C17H11Cl3FN3O. The van der Waals surface area contributed by atoms with Crippen LogP contribution in [0.4, 0.5) is 10.2 Å². The van der Waals surface area contributed by atoms with Gasteiger partial charge in [-0.05, 0) is 35.9 Å². The van der Waals surface area contributed by atoms with Crippen LogP contribution in [-0.4, -0.2) is 15.7 Å². The number of amides is 1. The highest BCUT2D eigenvalue weighted by atomic mass is 35.5. The van der Waals surface area contributed by atoms with Gasteiger partial charge in [-0.15, -0.1) is 0 Å². The van der Waals surface area contributed by atoms with Gasteiger partial charge in [0, 0.05) is 21.1 Å². The fourth-order valence-electron chi connectivity index (χ4n) is 2.23. The van der Waals surface area contributed by atoms with E-state index in [1.807, 2.05) is 0 Å². The van der Waals surface area contributed by atoms with Crippen LogP contribution < -0.4 is 5.32 Å². The van der Waals surface area contributed by atoms with E-state index in [1.165, 1.54) is 23.0 Å². The van der Waals surface area contributed by atoms with Crippen LogP contribution in [0.2, 0.25) is 15.1 Å². The topological polar surface area (TPSA) is 46.9 Å². The molecule has 25 heavy (non-hydrogen) atoms. The number of carbonyl (C=O) groups excluding carboxylic acids is 1. The van der Waals surface area contributed by atoms with Gasteiger partial charge in [0.25, 0.3) is 5.91 Å². The number of anilines is 1. The van der Waals surface area contributed by atoms with Crippen molar-refractivity contribution in [3.63, 3.8) is 0 Å². The van der Waals surface area contributed by atoms with E-state index in [4.69, 9.17) is 34.8 Å². The number of hydrogen-bond acceptors (Lipinski definition) is 2. The lowest BCUT2D eigenvalue weighted by molar-refractivity contribution is 0.102. The molecule has 0 saturated carbocycles. The lowest BCUT2D eigenvalue weighted by atomic mass is 10.2. The quantitative estimate of drug-likeness (QED) is 0.649. The lowest BCUT2D eigenvalue weighted by Gasteiger charge is -2.11. The third-order valence-corrected chi connectivity index (χ3v) is 4.29. The van der Waals surface area contributed by atoms with E-state index < -0.39 is 11.7 Å². The van der Waals surface area contributed by atoms with Crippen molar-refractivity contribution in [3.8, 4) is 0 Å². The van der Waals surface area contributed by atoms with Gasteiger partial charge < -0.3 is 5.32 Å². The average Bonchev–Trinajstić information content (AvgIpc) is 2.99. The van der Waals surface area contributed by atoms with E-state index in [1.54, 1.807) is 24.3 Å². The minimum absolute atomic E-state index is 0.148. The maximum Gasteiger partial charge on any atom is 0.259 e. The monoisotopic (exact) mass is 397 g/mol. The van der Waals surface area contributed by atoms with Crippen LogP contribution in [-0.2, 0) is 6.54 Å². The van der Waals surface area contributed by atoms with Crippen LogP contribution in [0.5, 0.6) is 0 Å². The van der Waals surface area contributed by atoms with E-state index in [0.29, 0.717) is 22.4 Å². The smallest absolute Gasteiger partial charge is 0.259 e. The molecule has 0 aliphatic rings. The molecule has 4 nitrogen and oxygen atoms in total. The van der Waals surface area contributed by atoms with Crippen molar-refractivity contribution < 1.29 is 9.18 Å². The summed E-state index contributed by atoms with van der Waals surface area (Å²) in [5, 5.41) is 8.06. The molecule has 0 aliphatic carbocycles. The normalized spacial score (nSPS) is 10.7. The standard InChI is InChI=1S/C17H11Cl3FN3O/c18-11-3-4-15(21)13(7-11)17(25)23-16-5-6-22-24(16)9-10-1-2-12(19)8-14(10)20/h1-8H,9H2,(H,23,25). The fourth-order valence-corrected chi connectivity index (χ4v) is 2.87. The van der Waals surface area contributed by atoms with Gasteiger partial charge in [0.1, 0.15) is 11.6 Å². The first-order valence-electron chi connectivity index (χ1n) is 7.16. The lowest BCUT2D eigenvalue weighted by Crippen LogP contribution is -2.17. The predicted octanol–water partition coefficient (Wildman–Crippen LogP) is 5.28. The summed E-state index contributed by atoms with van der Waals surface area (Å²) in [5.41, 5.74) is 0.629. The molecule has 3 aromatic rings. The maximum atomic E-state index is 13.8. The Labute approximate surface area is 158 Å². The summed E-state index contributed by atoms with van der Waals surface area (Å²) >= 11 is 17.9. The van der Waals surface area contributed by atoms with Crippen molar-refractivity contribution in [2.24, 2.45) is 0 Å². The third-order valence-electron chi connectivity index (χ3n) is 3.47. The molecule has 1 amide bonds. The van der Waals surface area contributed by atoms with Crippen LogP contribution in [0.15, 0.2) is 48.7 Å². The summed E-state index contributed by atoms with van der Waals surface area (Å²) in [6.07, 6.45) is 1.52. The molecule has 1 heterocycles. The summed E-state index contributed by atoms with van der Waals surface area (Å²) < 4.78 is 15.4. The molecule has 128 valence electrons. The Balaban J connectivity index is 1.82. The van der Waals surface area contributed by atoms with Gasteiger partial charge in [0.05, 0.1) is 18.3 Å². The molecule has 0 radical (unpaired) electrons. The van der Waals surface area contributed by atoms with Crippen LogP contribution in [0.25, 0.3) is 0 Å². The highest BCUT2D eigenvalue weighted by molar-refractivity contribution is 6.35. The van der Waals surface area contributed by atoms with Crippen LogP contribution in [0.1, 0.15) is 15.9 Å². The first-order chi connectivity index (χ1) is 11.9. The van der Waals surface area contributed by atoms with Crippen molar-refractivity contribution in [2.75, 3.05) is 5.32 Å². The first-order valence-corrected chi connectivity index (χ1v) is 8.29. The highest BCUT2D eigenvalue weighted by Crippen LogP contribution is 2.23. The highest BCUT2D eigenvalue weighted by Gasteiger charge is 2.15. The van der Waals surface area contributed by atoms with E-state index >= 15 is 0 Å². The van der Waals surface area contributed by atoms with Crippen LogP contribution >= 0.6 is 34.8 Å². The zero-order valence-corrected chi connectivity index (χ0v) is 14.9. The van der Waals surface area contributed by atoms with Gasteiger partial charge in [0.2, 0.25) is 0 Å². The molecule has 0 bridgehead atoms. The number of carbonyl (C=O) groups is 1. The second-order valence-corrected chi connectivity index (χ2v) is 6.47. The number of benzene rings is 2. The van der Waals surface area contributed by atoms with Crippen molar-refractivity contribution >= 4 is 46.5 Å². The van der Waals surface area contributed by atoms with Gasteiger partial charge in [-0.25, -0.2) is 9.07 Å². The number of nitrogens with one attached hydrogen (secondary N) is 1. The first kappa shape index (κ1) is 17.7. The third kappa shape index (κ3) is 4.12. The Morgan fingerprint density at radius 3 is 2.56 bits per heavy atom. The molecule has 0 atom stereocenters. The second kappa shape index (κ2) is 7.44. The Kier molecular flexibility index (Phi) is 5.27. The molecule has 0 spiro atoms. The molecule has 1 aromatic heterocycles. The zero-order chi connectivity index (χ0) is 18.0. The largest absolute Gasteiger partial charge is 0.307 e. The Morgan fingerprint density at radius 1 is 1.08 bits per heavy atom. The predicted molar refractivity (Wildman–Crippen MR) is 97.2 cm³/mol. The van der Waals surface area contributed by atoms with Crippen molar-refractivity contribution in [2.45, 2.75) is 6.54 Å². The molecule has 3 rings (SSSR count). The van der Waals surface area contributed by atoms with E-state index in [0.717, 1.165) is 11.6 Å². The SMILES string of the molecule is O=C(Nc1ccnn1Cc1ccc(Cl)cc1Cl)c1cc(Cl)ccc1F. The zero-order valence-electron chi connectivity index (χ0n) is 12.6. The van der Waals surface area contributed by atoms with Gasteiger partial charge >= 0.3 is 0 Å². The molecule has 0 saturated heterocycles. The number of rotatable bonds is 4. The number of aromatic nitrogens is 2. The average molecular weight is 399 g/mol. The minimum atomic E-state index is -0.659. The van der Waals surface area contributed by atoms with E-state index in [9.17, 15) is 9.18 Å². The molecule has 1 N–H and O–H groups in total. The molecule has 0 unspecified atom stereocenters. The summed E-state index contributed by atoms with van der Waals surface area (Å²) in [6.45, 7) is 0.316. The van der Waals surface area contributed by atoms with Crippen LogP contribution in [0, 0.1) is 5.82 Å². The Morgan fingerprint density at radius 2 is 1.80 bits per heavy atom. The molecular weight excluding hydrogens is 388 g/mol. The van der Waals surface area contributed by atoms with Crippen LogP contribution in [0.3, 0.4) is 0 Å². The molecule has 8 heteroatoms. The van der Waals surface area contributed by atoms with Gasteiger partial charge in [-0.3, -0.25) is 4.79 Å². The minimum Gasteiger partial charge on any atom is -0.307 e. The van der Waals surface area contributed by atoms with Gasteiger partial charge in [0.15, 0.2) is 0 Å². The molecule has 2 aromatic carbocycles. The number of nitrogens with zero attached hydrogens (tertiary/aromatic N) is 2. The van der Waals surface area contributed by atoms with Crippen molar-refractivity contribution in [3.05, 3.63) is 80.7 Å². The summed E-state index contributed by atoms with van der Waals surface area (Å²) in [6, 6.07) is 10.5. The molecule has 0 fully saturated rings.